The van der Waals surface area contributed by atoms with E-state index in [-0.39, 0.29) is 22.7 Å². The fourth-order valence-electron chi connectivity index (χ4n) is 8.58. The molecule has 3 heteroatoms. The predicted molar refractivity (Wildman–Crippen MR) is 133 cm³/mol. The normalized spacial score (nSPS) is 43.1. The van der Waals surface area contributed by atoms with Gasteiger partial charge in [-0.2, -0.15) is 0 Å². The van der Waals surface area contributed by atoms with Gasteiger partial charge in [-0.25, -0.2) is 0 Å². The van der Waals surface area contributed by atoms with Gasteiger partial charge in [0.25, 0.3) is 0 Å². The molecule has 2 spiro atoms. The van der Waals surface area contributed by atoms with Gasteiger partial charge in [0.05, 0.1) is 11.2 Å². The number of pyridine rings is 1. The Hall–Kier alpha value is -1.97. The van der Waals surface area contributed by atoms with Gasteiger partial charge in [0.15, 0.2) is 0 Å². The van der Waals surface area contributed by atoms with Crippen molar-refractivity contribution >= 4 is 10.8 Å². The summed E-state index contributed by atoms with van der Waals surface area (Å²) < 4.78 is 31.2. The Morgan fingerprint density at radius 1 is 1.15 bits per heavy atom. The minimum absolute atomic E-state index is 0.0350. The number of hydrogen-bond donors (Lipinski definition) is 0. The van der Waals surface area contributed by atoms with Crippen LogP contribution in [0, 0.1) is 11.3 Å². The fraction of sp³-hybridized carbons (Fsp3) is 0.567. The molecule has 0 N–H and O–H groups in total. The molecule has 0 amide bonds. The molecule has 33 heavy (non-hydrogen) atoms. The molecular weight excluding hydrogens is 404 g/mol. The summed E-state index contributed by atoms with van der Waals surface area (Å²) in [7, 11) is 1.76. The quantitative estimate of drug-likeness (QED) is 0.536. The lowest BCUT2D eigenvalue weighted by Gasteiger charge is -2.54. The number of fused-ring (bicyclic) bond motifs is 2. The second kappa shape index (κ2) is 6.79. The molecule has 7 rings (SSSR count). The Kier molecular flexibility index (Phi) is 3.60. The highest BCUT2D eigenvalue weighted by atomic mass is 16.5. The van der Waals surface area contributed by atoms with Crippen LogP contribution in [0.25, 0.3) is 10.8 Å². The molecule has 172 valence electrons. The van der Waals surface area contributed by atoms with E-state index in [4.69, 9.17) is 8.85 Å². The van der Waals surface area contributed by atoms with E-state index in [9.17, 15) is 0 Å². The number of aromatic nitrogens is 1. The first kappa shape index (κ1) is 17.5. The highest BCUT2D eigenvalue weighted by Gasteiger charge is 2.66. The minimum atomic E-state index is -2.06. The van der Waals surface area contributed by atoms with E-state index < -0.39 is 6.98 Å². The summed E-state index contributed by atoms with van der Waals surface area (Å²) in [6.45, 7) is 0.445. The highest BCUT2D eigenvalue weighted by molar-refractivity contribution is 5.82. The third kappa shape index (κ3) is 2.67. The third-order valence-electron chi connectivity index (χ3n) is 10.3. The average molecular weight is 444 g/mol. The highest BCUT2D eigenvalue weighted by Crippen LogP contribution is 2.69. The molecule has 2 bridgehead atoms. The Labute approximate surface area is 202 Å². The van der Waals surface area contributed by atoms with Crippen molar-refractivity contribution in [2.24, 2.45) is 11.3 Å². The summed E-state index contributed by atoms with van der Waals surface area (Å²) in [5, 5.41) is 2.47. The van der Waals surface area contributed by atoms with Gasteiger partial charge in [0.2, 0.25) is 0 Å². The molecule has 2 saturated carbocycles. The molecule has 0 radical (unpaired) electrons. The lowest BCUT2D eigenvalue weighted by Crippen LogP contribution is -2.55. The number of nitrogens with zero attached hydrogens (tertiary/aromatic N) is 2. The van der Waals surface area contributed by atoms with Gasteiger partial charge in [-0.3, -0.25) is 4.98 Å². The molecule has 6 atom stereocenters. The molecule has 1 aromatic carbocycles. The molecule has 3 aliphatic carbocycles. The van der Waals surface area contributed by atoms with Crippen molar-refractivity contribution in [3.63, 3.8) is 0 Å². The lowest BCUT2D eigenvalue weighted by molar-refractivity contribution is -0.139. The van der Waals surface area contributed by atoms with E-state index in [1.165, 1.54) is 40.3 Å². The molecule has 2 aliphatic heterocycles. The molecule has 3 heterocycles. The first-order chi connectivity index (χ1) is 17.1. The first-order valence-electron chi connectivity index (χ1n) is 14.3. The summed E-state index contributed by atoms with van der Waals surface area (Å²) in [6, 6.07) is 9.08. The first-order valence-corrected chi connectivity index (χ1v) is 12.8. The van der Waals surface area contributed by atoms with Crippen molar-refractivity contribution in [3.05, 3.63) is 65.5 Å². The zero-order valence-electron chi connectivity index (χ0n) is 22.8. The minimum Gasteiger partial charge on any atom is -0.359 e. The van der Waals surface area contributed by atoms with Crippen LogP contribution in [0.1, 0.15) is 73.9 Å². The molecule has 1 aromatic heterocycles. The van der Waals surface area contributed by atoms with Gasteiger partial charge in [-0.1, -0.05) is 31.2 Å². The molecule has 1 unspecified atom stereocenters. The Morgan fingerprint density at radius 3 is 3.00 bits per heavy atom. The van der Waals surface area contributed by atoms with E-state index in [2.05, 4.69) is 48.3 Å². The Morgan fingerprint density at radius 2 is 2.09 bits per heavy atom. The standard InChI is InChI=1S/C30H36N2O/c1-28-12-10-24-17-23-6-7-25(32(2)3)18-29(23)13-14-30(24,33-29)27(28)9-8-26(28)21-5-4-20-11-15-31-19-22(20)16-21/h4-5,10-11,15-17,19,25-27H,6-9,12-14,18H2,1-3H3/t25-,26?,27-,28-,29-,30-/m1/s1/i2D3. The zero-order chi connectivity index (χ0) is 24.9. The molecule has 3 fully saturated rings. The van der Waals surface area contributed by atoms with E-state index in [0.717, 1.165) is 38.5 Å². The molecule has 1 saturated heterocycles. The van der Waals surface area contributed by atoms with Crippen LogP contribution < -0.4 is 0 Å². The van der Waals surface area contributed by atoms with Gasteiger partial charge in [0.1, 0.15) is 0 Å². The van der Waals surface area contributed by atoms with E-state index >= 15 is 0 Å². The maximum atomic E-state index is 7.95. The van der Waals surface area contributed by atoms with Crippen molar-refractivity contribution in [1.82, 2.24) is 9.88 Å². The smallest absolute Gasteiger partial charge is 0.0974 e. The summed E-state index contributed by atoms with van der Waals surface area (Å²) in [4.78, 5) is 5.97. The average Bonchev–Trinajstić information content (AvgIpc) is 3.37. The summed E-state index contributed by atoms with van der Waals surface area (Å²) in [5.41, 5.74) is 3.91. The Balaban J connectivity index is 1.24. The van der Waals surface area contributed by atoms with Crippen LogP contribution >= 0.6 is 0 Å². The molecule has 3 nitrogen and oxygen atoms in total. The van der Waals surface area contributed by atoms with Crippen LogP contribution in [-0.4, -0.2) is 41.2 Å². The number of benzene rings is 1. The van der Waals surface area contributed by atoms with Crippen molar-refractivity contribution in [2.75, 3.05) is 14.0 Å². The number of allylic oxidation sites excluding steroid dienone is 1. The number of rotatable bonds is 2. The zero-order valence-corrected chi connectivity index (χ0v) is 19.8. The van der Waals surface area contributed by atoms with Crippen molar-refractivity contribution in [3.8, 4) is 0 Å². The largest absolute Gasteiger partial charge is 0.359 e. The van der Waals surface area contributed by atoms with E-state index in [1.54, 1.807) is 11.9 Å². The molecule has 2 aromatic rings. The second-order valence-electron chi connectivity index (χ2n) is 11.7. The van der Waals surface area contributed by atoms with Gasteiger partial charge < -0.3 is 9.64 Å². The van der Waals surface area contributed by atoms with E-state index in [0.29, 0.717) is 11.8 Å². The van der Waals surface area contributed by atoms with Gasteiger partial charge in [0, 0.05) is 27.9 Å². The summed E-state index contributed by atoms with van der Waals surface area (Å²) >= 11 is 0. The summed E-state index contributed by atoms with van der Waals surface area (Å²) in [5.74, 6) is 0.989. The van der Waals surface area contributed by atoms with Crippen LogP contribution in [0.4, 0.5) is 0 Å². The lowest BCUT2D eigenvalue weighted by atomic mass is 9.58. The third-order valence-corrected chi connectivity index (χ3v) is 10.3. The SMILES string of the molecule is [2H]C([2H])([2H])N(C)[C@@H]1CCC2=CC3=CC[C@]4(C)C(c5ccc6ccncc6c5)CC[C@H]4[C@@]34CC[C@]2(C1)O4. The van der Waals surface area contributed by atoms with Crippen LogP contribution in [0.15, 0.2) is 60.0 Å². The number of hydrogen-bond acceptors (Lipinski definition) is 3. The van der Waals surface area contributed by atoms with E-state index in [1.807, 2.05) is 12.4 Å². The maximum absolute atomic E-state index is 7.95. The van der Waals surface area contributed by atoms with Crippen LogP contribution in [0.3, 0.4) is 0 Å². The summed E-state index contributed by atoms with van der Waals surface area (Å²) in [6.07, 6.45) is 17.0. The van der Waals surface area contributed by atoms with Crippen molar-refractivity contribution < 1.29 is 8.85 Å². The monoisotopic (exact) mass is 443 g/mol. The molecule has 5 aliphatic rings. The van der Waals surface area contributed by atoms with Crippen LogP contribution in [-0.2, 0) is 4.74 Å². The maximum Gasteiger partial charge on any atom is 0.0974 e. The van der Waals surface area contributed by atoms with Gasteiger partial charge >= 0.3 is 0 Å². The number of ether oxygens (including phenoxy) is 1. The van der Waals surface area contributed by atoms with Crippen molar-refractivity contribution in [2.45, 2.75) is 81.5 Å². The Bertz CT molecular complexity index is 1300. The topological polar surface area (TPSA) is 25.4 Å². The van der Waals surface area contributed by atoms with Crippen molar-refractivity contribution in [1.29, 1.82) is 0 Å². The second-order valence-corrected chi connectivity index (χ2v) is 11.7. The predicted octanol–water partition coefficient (Wildman–Crippen LogP) is 6.41. The van der Waals surface area contributed by atoms with Gasteiger partial charge in [-0.05, 0) is 117 Å². The molecular formula is C30H36N2O. The van der Waals surface area contributed by atoms with Crippen LogP contribution in [0.5, 0.6) is 0 Å². The van der Waals surface area contributed by atoms with Gasteiger partial charge in [-0.15, -0.1) is 0 Å². The fourth-order valence-corrected chi connectivity index (χ4v) is 8.58. The van der Waals surface area contributed by atoms with Crippen LogP contribution in [0.2, 0.25) is 0 Å².